The van der Waals surface area contributed by atoms with Crippen LogP contribution in [0.25, 0.3) is 0 Å². The largest absolute Gasteiger partial charge is 0.383 e. The Morgan fingerprint density at radius 2 is 2.08 bits per heavy atom. The first-order chi connectivity index (χ1) is 11.5. The summed E-state index contributed by atoms with van der Waals surface area (Å²) in [4.78, 5) is 20.7. The molecule has 0 radical (unpaired) electrons. The number of likely N-dealkylation sites (tertiary alicyclic amines) is 1. The summed E-state index contributed by atoms with van der Waals surface area (Å²) in [5, 5.41) is 13.2. The highest BCUT2D eigenvalue weighted by atomic mass is 16.3. The van der Waals surface area contributed by atoms with Crippen molar-refractivity contribution in [1.82, 2.24) is 15.2 Å². The summed E-state index contributed by atoms with van der Waals surface area (Å²) in [6, 6.07) is 4.48. The average molecular weight is 332 g/mol. The number of aromatic nitrogens is 1. The van der Waals surface area contributed by atoms with Crippen molar-refractivity contribution in [2.45, 2.75) is 44.4 Å². The first-order valence-electron chi connectivity index (χ1n) is 8.86. The summed E-state index contributed by atoms with van der Waals surface area (Å²) in [5.41, 5.74) is 1.25. The molecule has 2 fully saturated rings. The lowest BCUT2D eigenvalue weighted by Gasteiger charge is -2.33. The van der Waals surface area contributed by atoms with E-state index in [0.717, 1.165) is 51.1 Å². The van der Waals surface area contributed by atoms with Crippen molar-refractivity contribution in [3.05, 3.63) is 23.9 Å². The fraction of sp³-hybridized carbons (Fsp3) is 0.667. The highest BCUT2D eigenvalue weighted by Crippen LogP contribution is 2.24. The number of aliphatic hydroxyl groups is 1. The molecule has 1 saturated heterocycles. The van der Waals surface area contributed by atoms with Gasteiger partial charge in [-0.05, 0) is 62.4 Å². The first kappa shape index (κ1) is 17.2. The van der Waals surface area contributed by atoms with Crippen molar-refractivity contribution in [1.29, 1.82) is 0 Å². The number of pyridine rings is 1. The maximum atomic E-state index is 12.0. The van der Waals surface area contributed by atoms with E-state index in [1.54, 1.807) is 0 Å². The van der Waals surface area contributed by atoms with E-state index in [4.69, 9.17) is 0 Å². The number of nitrogens with one attached hydrogen (secondary N) is 1. The van der Waals surface area contributed by atoms with Gasteiger partial charge in [-0.1, -0.05) is 0 Å². The number of hydrogen-bond acceptors (Lipinski definition) is 5. The van der Waals surface area contributed by atoms with Crippen LogP contribution in [0.5, 0.6) is 0 Å². The molecule has 1 aromatic heterocycles. The highest BCUT2D eigenvalue weighted by molar-refractivity contribution is 5.81. The lowest BCUT2D eigenvalue weighted by Crippen LogP contribution is -2.44. The Morgan fingerprint density at radius 3 is 2.71 bits per heavy atom. The molecular formula is C18H28N4O2. The fourth-order valence-corrected chi connectivity index (χ4v) is 3.22. The van der Waals surface area contributed by atoms with Gasteiger partial charge in [0.2, 0.25) is 5.91 Å². The zero-order valence-corrected chi connectivity index (χ0v) is 14.6. The molecule has 1 aromatic rings. The quantitative estimate of drug-likeness (QED) is 0.813. The van der Waals surface area contributed by atoms with Gasteiger partial charge in [-0.15, -0.1) is 0 Å². The number of nitrogens with zero attached hydrogens (tertiary/aromatic N) is 3. The zero-order valence-electron chi connectivity index (χ0n) is 14.6. The summed E-state index contributed by atoms with van der Waals surface area (Å²) >= 11 is 0. The molecule has 2 N–H and O–H groups in total. The van der Waals surface area contributed by atoms with Crippen molar-refractivity contribution >= 4 is 11.7 Å². The predicted molar refractivity (Wildman–Crippen MR) is 93.7 cm³/mol. The van der Waals surface area contributed by atoms with Gasteiger partial charge in [-0.2, -0.15) is 0 Å². The van der Waals surface area contributed by atoms with E-state index in [-0.39, 0.29) is 11.8 Å². The van der Waals surface area contributed by atoms with E-state index in [0.29, 0.717) is 6.04 Å². The summed E-state index contributed by atoms with van der Waals surface area (Å²) in [5.74, 6) is 0.866. The summed E-state index contributed by atoms with van der Waals surface area (Å²) < 4.78 is 0. The SMILES string of the molecule is CN(C)c1cc(CN2CCC([C@H](O)C(=O)NC3CC3)CC2)ccn1. The van der Waals surface area contributed by atoms with Gasteiger partial charge in [0.15, 0.2) is 0 Å². The second-order valence-corrected chi connectivity index (χ2v) is 7.26. The molecular weight excluding hydrogens is 304 g/mol. The van der Waals surface area contributed by atoms with Crippen molar-refractivity contribution in [2.24, 2.45) is 5.92 Å². The van der Waals surface area contributed by atoms with Crippen molar-refractivity contribution in [3.8, 4) is 0 Å². The average Bonchev–Trinajstić information content (AvgIpc) is 3.39. The van der Waals surface area contributed by atoms with Crippen LogP contribution in [0.3, 0.4) is 0 Å². The zero-order chi connectivity index (χ0) is 17.1. The third-order valence-electron chi connectivity index (χ3n) is 4.95. The van der Waals surface area contributed by atoms with Crippen LogP contribution in [0.15, 0.2) is 18.3 Å². The molecule has 1 amide bonds. The third kappa shape index (κ3) is 4.45. The Balaban J connectivity index is 1.48. The number of anilines is 1. The van der Waals surface area contributed by atoms with Crippen LogP contribution in [0.2, 0.25) is 0 Å². The van der Waals surface area contributed by atoms with Crippen LogP contribution >= 0.6 is 0 Å². The molecule has 6 heteroatoms. The summed E-state index contributed by atoms with van der Waals surface area (Å²) in [7, 11) is 3.98. The van der Waals surface area contributed by atoms with Gasteiger partial charge in [0, 0.05) is 32.9 Å². The molecule has 6 nitrogen and oxygen atoms in total. The van der Waals surface area contributed by atoms with Gasteiger partial charge in [-0.25, -0.2) is 4.98 Å². The van der Waals surface area contributed by atoms with Crippen LogP contribution in [0.4, 0.5) is 5.82 Å². The molecule has 3 rings (SSSR count). The van der Waals surface area contributed by atoms with Gasteiger partial charge < -0.3 is 15.3 Å². The fourth-order valence-electron chi connectivity index (χ4n) is 3.22. The van der Waals surface area contributed by atoms with E-state index in [2.05, 4.69) is 27.3 Å². The Bertz CT molecular complexity index is 566. The number of aliphatic hydroxyl groups excluding tert-OH is 1. The molecule has 1 atom stereocenters. The van der Waals surface area contributed by atoms with E-state index in [1.165, 1.54) is 5.56 Å². The number of amides is 1. The predicted octanol–water partition coefficient (Wildman–Crippen LogP) is 0.999. The number of piperidine rings is 1. The van der Waals surface area contributed by atoms with Gasteiger partial charge in [0.1, 0.15) is 11.9 Å². The lowest BCUT2D eigenvalue weighted by molar-refractivity contribution is -0.133. The number of rotatable bonds is 6. The minimum Gasteiger partial charge on any atom is -0.383 e. The molecule has 132 valence electrons. The Labute approximate surface area is 143 Å². The maximum absolute atomic E-state index is 12.0. The van der Waals surface area contributed by atoms with E-state index in [9.17, 15) is 9.90 Å². The molecule has 0 bridgehead atoms. The van der Waals surface area contributed by atoms with Crippen LogP contribution in [-0.4, -0.2) is 60.2 Å². The molecule has 2 heterocycles. The summed E-state index contributed by atoms with van der Waals surface area (Å²) in [6.45, 7) is 2.72. The topological polar surface area (TPSA) is 68.7 Å². The second-order valence-electron chi connectivity index (χ2n) is 7.26. The van der Waals surface area contributed by atoms with Gasteiger partial charge in [-0.3, -0.25) is 9.69 Å². The molecule has 1 saturated carbocycles. The minimum atomic E-state index is -0.853. The number of carbonyl (C=O) groups excluding carboxylic acids is 1. The van der Waals surface area contributed by atoms with E-state index in [1.807, 2.05) is 25.2 Å². The van der Waals surface area contributed by atoms with Gasteiger partial charge in [0.25, 0.3) is 0 Å². The molecule has 24 heavy (non-hydrogen) atoms. The monoisotopic (exact) mass is 332 g/mol. The standard InChI is InChI=1S/C18H28N4O2/c1-21(2)16-11-13(5-8-19-16)12-22-9-6-14(7-10-22)17(23)18(24)20-15-3-4-15/h5,8,11,14-15,17,23H,3-4,6-7,9-10,12H2,1-2H3,(H,20,24)/t17-/m0/s1. The first-order valence-corrected chi connectivity index (χ1v) is 8.86. The lowest BCUT2D eigenvalue weighted by atomic mass is 9.90. The smallest absolute Gasteiger partial charge is 0.249 e. The van der Waals surface area contributed by atoms with Crippen molar-refractivity contribution in [3.63, 3.8) is 0 Å². The van der Waals surface area contributed by atoms with Crippen LogP contribution in [-0.2, 0) is 11.3 Å². The Kier molecular flexibility index (Phi) is 5.36. The third-order valence-corrected chi connectivity index (χ3v) is 4.95. The van der Waals surface area contributed by atoms with E-state index >= 15 is 0 Å². The molecule has 2 aliphatic rings. The Morgan fingerprint density at radius 1 is 1.38 bits per heavy atom. The highest BCUT2D eigenvalue weighted by Gasteiger charge is 2.32. The van der Waals surface area contributed by atoms with E-state index < -0.39 is 6.10 Å². The van der Waals surface area contributed by atoms with Gasteiger partial charge >= 0.3 is 0 Å². The molecule has 0 spiro atoms. The summed E-state index contributed by atoms with van der Waals surface area (Å²) in [6.07, 6.45) is 4.84. The number of hydrogen-bond donors (Lipinski definition) is 2. The number of carbonyl (C=O) groups is 1. The van der Waals surface area contributed by atoms with Crippen LogP contribution < -0.4 is 10.2 Å². The van der Waals surface area contributed by atoms with Gasteiger partial charge in [0.05, 0.1) is 0 Å². The molecule has 1 aliphatic heterocycles. The molecule has 0 aromatic carbocycles. The molecule has 0 unspecified atom stereocenters. The van der Waals surface area contributed by atoms with Crippen molar-refractivity contribution in [2.75, 3.05) is 32.1 Å². The van der Waals surface area contributed by atoms with Crippen molar-refractivity contribution < 1.29 is 9.90 Å². The van der Waals surface area contributed by atoms with Crippen LogP contribution in [0.1, 0.15) is 31.2 Å². The molecule has 1 aliphatic carbocycles. The minimum absolute atomic E-state index is 0.0785. The van der Waals surface area contributed by atoms with Crippen LogP contribution in [0, 0.1) is 5.92 Å². The Hall–Kier alpha value is -1.66. The normalized spacial score (nSPS) is 20.6. The maximum Gasteiger partial charge on any atom is 0.249 e. The second kappa shape index (κ2) is 7.49.